The Labute approximate surface area is 157 Å². The van der Waals surface area contributed by atoms with E-state index < -0.39 is 18.5 Å². The lowest BCUT2D eigenvalue weighted by atomic mass is 10.3. The number of benzene rings is 2. The maximum atomic E-state index is 12.8. The Morgan fingerprint density at radius 1 is 1.00 bits per heavy atom. The second-order valence-electron chi connectivity index (χ2n) is 5.36. The molecule has 8 nitrogen and oxygen atoms in total. The lowest BCUT2D eigenvalue weighted by Gasteiger charge is -2.25. The summed E-state index contributed by atoms with van der Waals surface area (Å²) in [7, 11) is 4.24. The molecule has 0 saturated carbocycles. The molecule has 0 aromatic heterocycles. The molecular weight excluding hydrogens is 352 g/mol. The van der Waals surface area contributed by atoms with Gasteiger partial charge >= 0.3 is 12.2 Å². The van der Waals surface area contributed by atoms with Gasteiger partial charge in [0.15, 0.2) is 6.29 Å². The normalized spacial score (nSPS) is 10.4. The average molecular weight is 374 g/mol. The summed E-state index contributed by atoms with van der Waals surface area (Å²) < 4.78 is 20.4. The zero-order chi connectivity index (χ0) is 19.6. The number of para-hydroxylation sites is 1. The quantitative estimate of drug-likeness (QED) is 0.747. The smallest absolute Gasteiger partial charge is 0.419 e. The molecule has 1 N–H and O–H groups in total. The number of carbonyl (C=O) groups is 2. The Bertz CT molecular complexity index is 749. The standard InChI is InChI=1S/C19H22N2O6/c1-24-17(25-2)13-21(15-9-5-4-6-10-15)19(23)27-16-11-7-8-14(12-16)20-18(22)26-3/h4-12,17H,13H2,1-3H3,(H,20,22). The van der Waals surface area contributed by atoms with Crippen LogP contribution in [0.25, 0.3) is 0 Å². The van der Waals surface area contributed by atoms with Gasteiger partial charge in [0.05, 0.1) is 13.7 Å². The van der Waals surface area contributed by atoms with Gasteiger partial charge in [-0.05, 0) is 24.3 Å². The van der Waals surface area contributed by atoms with Crippen molar-refractivity contribution in [1.82, 2.24) is 0 Å². The van der Waals surface area contributed by atoms with Crippen LogP contribution < -0.4 is 15.0 Å². The molecular formula is C19H22N2O6. The van der Waals surface area contributed by atoms with Crippen LogP contribution >= 0.6 is 0 Å². The van der Waals surface area contributed by atoms with Crippen LogP contribution in [0.2, 0.25) is 0 Å². The number of methoxy groups -OCH3 is 3. The number of amides is 2. The van der Waals surface area contributed by atoms with Crippen molar-refractivity contribution in [2.24, 2.45) is 0 Å². The fourth-order valence-corrected chi connectivity index (χ4v) is 2.25. The van der Waals surface area contributed by atoms with E-state index in [1.165, 1.54) is 32.3 Å². The molecule has 2 amide bonds. The van der Waals surface area contributed by atoms with E-state index in [4.69, 9.17) is 14.2 Å². The molecule has 0 radical (unpaired) electrons. The SMILES string of the molecule is COC(=O)Nc1cccc(OC(=O)N(CC(OC)OC)c2ccccc2)c1. The topological polar surface area (TPSA) is 86.3 Å². The molecule has 0 saturated heterocycles. The van der Waals surface area contributed by atoms with Gasteiger partial charge in [-0.3, -0.25) is 10.2 Å². The van der Waals surface area contributed by atoms with Gasteiger partial charge in [0, 0.05) is 31.7 Å². The van der Waals surface area contributed by atoms with Crippen molar-refractivity contribution in [2.75, 3.05) is 38.1 Å². The second kappa shape index (κ2) is 10.1. The molecule has 8 heteroatoms. The molecule has 0 bridgehead atoms. The fourth-order valence-electron chi connectivity index (χ4n) is 2.25. The van der Waals surface area contributed by atoms with Crippen molar-refractivity contribution >= 4 is 23.6 Å². The van der Waals surface area contributed by atoms with E-state index in [0.29, 0.717) is 11.4 Å². The lowest BCUT2D eigenvalue weighted by Crippen LogP contribution is -2.40. The van der Waals surface area contributed by atoms with E-state index in [9.17, 15) is 9.59 Å². The first-order chi connectivity index (χ1) is 13.1. The molecule has 2 rings (SSSR count). The minimum absolute atomic E-state index is 0.135. The van der Waals surface area contributed by atoms with Gasteiger partial charge in [0.2, 0.25) is 0 Å². The molecule has 0 unspecified atom stereocenters. The molecule has 2 aromatic rings. The molecule has 0 spiro atoms. The Morgan fingerprint density at radius 2 is 1.70 bits per heavy atom. The molecule has 0 aliphatic heterocycles. The summed E-state index contributed by atoms with van der Waals surface area (Å²) in [6.45, 7) is 0.135. The van der Waals surface area contributed by atoms with E-state index in [1.807, 2.05) is 18.2 Å². The highest BCUT2D eigenvalue weighted by atomic mass is 16.7. The van der Waals surface area contributed by atoms with Crippen LogP contribution in [0.5, 0.6) is 5.75 Å². The summed E-state index contributed by atoms with van der Waals surface area (Å²) in [5, 5.41) is 2.51. The summed E-state index contributed by atoms with van der Waals surface area (Å²) in [6, 6.07) is 15.4. The Hall–Kier alpha value is -3.10. The van der Waals surface area contributed by atoms with Crippen LogP contribution in [0.15, 0.2) is 54.6 Å². The van der Waals surface area contributed by atoms with Crippen molar-refractivity contribution in [3.05, 3.63) is 54.6 Å². The van der Waals surface area contributed by atoms with Gasteiger partial charge in [-0.1, -0.05) is 24.3 Å². The predicted molar refractivity (Wildman–Crippen MR) is 100 cm³/mol. The predicted octanol–water partition coefficient (Wildman–Crippen LogP) is 3.49. The minimum Gasteiger partial charge on any atom is -0.453 e. The summed E-state index contributed by atoms with van der Waals surface area (Å²) in [5.74, 6) is 0.265. The maximum absolute atomic E-state index is 12.8. The van der Waals surface area contributed by atoms with Crippen molar-refractivity contribution in [2.45, 2.75) is 6.29 Å². The van der Waals surface area contributed by atoms with Crippen LogP contribution in [0.4, 0.5) is 21.0 Å². The third-order valence-corrected chi connectivity index (χ3v) is 3.62. The zero-order valence-corrected chi connectivity index (χ0v) is 15.4. The third-order valence-electron chi connectivity index (χ3n) is 3.62. The highest BCUT2D eigenvalue weighted by molar-refractivity contribution is 5.89. The van der Waals surface area contributed by atoms with Crippen LogP contribution in [0.1, 0.15) is 0 Å². The Morgan fingerprint density at radius 3 is 2.33 bits per heavy atom. The van der Waals surface area contributed by atoms with Crippen LogP contribution in [0.3, 0.4) is 0 Å². The molecule has 27 heavy (non-hydrogen) atoms. The first-order valence-electron chi connectivity index (χ1n) is 8.12. The van der Waals surface area contributed by atoms with Gasteiger partial charge in [-0.25, -0.2) is 9.59 Å². The molecule has 0 aliphatic rings. The summed E-state index contributed by atoms with van der Waals surface area (Å²) in [6.07, 6.45) is -1.85. The molecule has 2 aromatic carbocycles. The van der Waals surface area contributed by atoms with Gasteiger partial charge in [0.1, 0.15) is 5.75 Å². The number of rotatable bonds is 7. The fraction of sp³-hybridized carbons (Fsp3) is 0.263. The Kier molecular flexibility index (Phi) is 7.60. The van der Waals surface area contributed by atoms with Crippen LogP contribution in [-0.4, -0.2) is 46.4 Å². The maximum Gasteiger partial charge on any atom is 0.419 e. The monoisotopic (exact) mass is 374 g/mol. The Balaban J connectivity index is 2.18. The molecule has 0 fully saturated rings. The summed E-state index contributed by atoms with van der Waals surface area (Å²) >= 11 is 0. The molecule has 0 atom stereocenters. The van der Waals surface area contributed by atoms with Gasteiger partial charge in [-0.15, -0.1) is 0 Å². The number of hydrogen-bond donors (Lipinski definition) is 1. The van der Waals surface area contributed by atoms with E-state index in [2.05, 4.69) is 10.1 Å². The number of anilines is 2. The zero-order valence-electron chi connectivity index (χ0n) is 15.4. The van der Waals surface area contributed by atoms with Crippen molar-refractivity contribution in [3.8, 4) is 5.75 Å². The number of carbonyl (C=O) groups excluding carboxylic acids is 2. The first kappa shape index (κ1) is 20.2. The highest BCUT2D eigenvalue weighted by Crippen LogP contribution is 2.21. The van der Waals surface area contributed by atoms with Crippen molar-refractivity contribution < 1.29 is 28.5 Å². The number of nitrogens with zero attached hydrogens (tertiary/aromatic N) is 1. The van der Waals surface area contributed by atoms with E-state index in [0.717, 1.165) is 0 Å². The number of ether oxygens (including phenoxy) is 4. The van der Waals surface area contributed by atoms with Crippen molar-refractivity contribution in [1.29, 1.82) is 0 Å². The van der Waals surface area contributed by atoms with Crippen LogP contribution in [0, 0.1) is 0 Å². The lowest BCUT2D eigenvalue weighted by molar-refractivity contribution is -0.0943. The molecule has 0 heterocycles. The number of hydrogen-bond acceptors (Lipinski definition) is 6. The second-order valence-corrected chi connectivity index (χ2v) is 5.36. The summed E-state index contributed by atoms with van der Waals surface area (Å²) in [4.78, 5) is 25.5. The third kappa shape index (κ3) is 5.98. The van der Waals surface area contributed by atoms with Crippen molar-refractivity contribution in [3.63, 3.8) is 0 Å². The highest BCUT2D eigenvalue weighted by Gasteiger charge is 2.22. The largest absolute Gasteiger partial charge is 0.453 e. The number of nitrogens with one attached hydrogen (secondary N) is 1. The van der Waals surface area contributed by atoms with Gasteiger partial charge in [-0.2, -0.15) is 0 Å². The van der Waals surface area contributed by atoms with E-state index >= 15 is 0 Å². The first-order valence-corrected chi connectivity index (χ1v) is 8.12. The average Bonchev–Trinajstić information content (AvgIpc) is 2.69. The van der Waals surface area contributed by atoms with Crippen LogP contribution in [-0.2, 0) is 14.2 Å². The minimum atomic E-state index is -0.620. The summed E-state index contributed by atoms with van der Waals surface area (Å²) in [5.41, 5.74) is 1.07. The van der Waals surface area contributed by atoms with E-state index in [-0.39, 0.29) is 12.3 Å². The molecule has 144 valence electrons. The van der Waals surface area contributed by atoms with Gasteiger partial charge in [0.25, 0.3) is 0 Å². The van der Waals surface area contributed by atoms with Gasteiger partial charge < -0.3 is 18.9 Å². The van der Waals surface area contributed by atoms with E-state index in [1.54, 1.807) is 30.3 Å². The molecule has 0 aliphatic carbocycles.